The summed E-state index contributed by atoms with van der Waals surface area (Å²) in [5, 5.41) is 3.78. The molecule has 0 radical (unpaired) electrons. The van der Waals surface area contributed by atoms with Crippen molar-refractivity contribution < 1.29 is 0 Å². The fraction of sp³-hybridized carbons (Fsp3) is 1.00. The lowest BCUT2D eigenvalue weighted by Crippen LogP contribution is -2.36. The van der Waals surface area contributed by atoms with E-state index in [1.807, 2.05) is 0 Å². The van der Waals surface area contributed by atoms with E-state index < -0.39 is 0 Å². The zero-order valence-corrected chi connectivity index (χ0v) is 7.94. The average molecular weight is 168 g/mol. The summed E-state index contributed by atoms with van der Waals surface area (Å²) in [4.78, 5) is 5.23. The first-order valence-corrected chi connectivity index (χ1v) is 4.46. The zero-order chi connectivity index (χ0) is 9.14. The quantitative estimate of drug-likeness (QED) is 0.354. The Morgan fingerprint density at radius 1 is 1.58 bits per heavy atom. The van der Waals surface area contributed by atoms with Crippen molar-refractivity contribution in [1.29, 1.82) is 0 Å². The molecule has 1 rings (SSSR count). The van der Waals surface area contributed by atoms with E-state index in [-0.39, 0.29) is 6.04 Å². The lowest BCUT2D eigenvalue weighted by Gasteiger charge is -2.26. The smallest absolute Gasteiger partial charge is 0.0539 e. The van der Waals surface area contributed by atoms with Crippen molar-refractivity contribution in [3.8, 4) is 0 Å². The molecule has 0 amide bonds. The van der Waals surface area contributed by atoms with E-state index in [1.165, 1.54) is 0 Å². The molecule has 4 nitrogen and oxygen atoms in total. The Hall–Kier alpha value is -0.730. The minimum atomic E-state index is 0.178. The minimum absolute atomic E-state index is 0.178. The van der Waals surface area contributed by atoms with E-state index in [1.54, 1.807) is 0 Å². The summed E-state index contributed by atoms with van der Waals surface area (Å²) in [5.41, 5.74) is 8.31. The van der Waals surface area contributed by atoms with E-state index in [0.717, 1.165) is 13.0 Å². The topological polar surface area (TPSA) is 52.0 Å². The average Bonchev–Trinajstić information content (AvgIpc) is 2.34. The lowest BCUT2D eigenvalue weighted by atomic mass is 10.1. The zero-order valence-electron chi connectivity index (χ0n) is 7.94. The van der Waals surface area contributed by atoms with Crippen LogP contribution in [0.3, 0.4) is 0 Å². The second-order valence-corrected chi connectivity index (χ2v) is 3.63. The van der Waals surface area contributed by atoms with Crippen LogP contribution in [0.4, 0.5) is 0 Å². The third kappa shape index (κ3) is 1.71. The van der Waals surface area contributed by atoms with Crippen molar-refractivity contribution in [2.45, 2.75) is 45.3 Å². The van der Waals surface area contributed by atoms with Gasteiger partial charge in [0.2, 0.25) is 0 Å². The lowest BCUT2D eigenvalue weighted by molar-refractivity contribution is 0.209. The third-order valence-corrected chi connectivity index (χ3v) is 2.63. The van der Waals surface area contributed by atoms with Gasteiger partial charge in [0.1, 0.15) is 0 Å². The van der Waals surface area contributed by atoms with Gasteiger partial charge in [-0.15, -0.1) is 0 Å². The van der Waals surface area contributed by atoms with Gasteiger partial charge in [-0.05, 0) is 39.3 Å². The molecule has 12 heavy (non-hydrogen) atoms. The van der Waals surface area contributed by atoms with Crippen LogP contribution in [0.2, 0.25) is 0 Å². The van der Waals surface area contributed by atoms with Gasteiger partial charge >= 0.3 is 0 Å². The predicted molar refractivity (Wildman–Crippen MR) is 48.9 cm³/mol. The highest BCUT2D eigenvalue weighted by molar-refractivity contribution is 4.90. The van der Waals surface area contributed by atoms with Crippen molar-refractivity contribution in [2.24, 2.45) is 5.11 Å². The Kier molecular flexibility index (Phi) is 2.95. The summed E-state index contributed by atoms with van der Waals surface area (Å²) in [6.45, 7) is 7.54. The predicted octanol–water partition coefficient (Wildman–Crippen LogP) is 2.17. The summed E-state index contributed by atoms with van der Waals surface area (Å²) < 4.78 is 0. The van der Waals surface area contributed by atoms with Gasteiger partial charge < -0.3 is 0 Å². The molecule has 0 N–H and O–H groups in total. The Balaban J connectivity index is 2.60. The molecular weight excluding hydrogens is 152 g/mol. The van der Waals surface area contributed by atoms with Crippen molar-refractivity contribution in [3.05, 3.63) is 10.4 Å². The minimum Gasteiger partial charge on any atom is -0.298 e. The van der Waals surface area contributed by atoms with Crippen LogP contribution in [-0.2, 0) is 0 Å². The molecule has 1 aliphatic heterocycles. The first kappa shape index (κ1) is 9.36. The molecular formula is C8H16N4. The van der Waals surface area contributed by atoms with E-state index in [2.05, 4.69) is 35.7 Å². The number of rotatable bonds is 2. The standard InChI is InChI=1S/C8H16N4/c1-6(2)12-5-4-8(7(12)3)10-11-9/h6-8H,4-5H2,1-3H3. The van der Waals surface area contributed by atoms with Crippen molar-refractivity contribution in [1.82, 2.24) is 4.90 Å². The van der Waals surface area contributed by atoms with Crippen LogP contribution in [0, 0.1) is 0 Å². The summed E-state index contributed by atoms with van der Waals surface area (Å²) >= 11 is 0. The molecule has 68 valence electrons. The van der Waals surface area contributed by atoms with Crippen LogP contribution in [0.5, 0.6) is 0 Å². The molecule has 0 bridgehead atoms. The number of hydrogen-bond donors (Lipinski definition) is 0. The number of hydrogen-bond acceptors (Lipinski definition) is 2. The molecule has 1 fully saturated rings. The van der Waals surface area contributed by atoms with Crippen LogP contribution >= 0.6 is 0 Å². The maximum Gasteiger partial charge on any atom is 0.0539 e. The summed E-state index contributed by atoms with van der Waals surface area (Å²) in [5.74, 6) is 0. The largest absolute Gasteiger partial charge is 0.298 e. The number of azide groups is 1. The summed E-state index contributed by atoms with van der Waals surface area (Å²) in [6.07, 6.45) is 1.00. The van der Waals surface area contributed by atoms with Gasteiger partial charge in [-0.2, -0.15) is 0 Å². The van der Waals surface area contributed by atoms with Crippen molar-refractivity contribution >= 4 is 0 Å². The second kappa shape index (κ2) is 3.78. The van der Waals surface area contributed by atoms with Crippen molar-refractivity contribution in [3.63, 3.8) is 0 Å². The molecule has 1 saturated heterocycles. The second-order valence-electron chi connectivity index (χ2n) is 3.63. The van der Waals surface area contributed by atoms with Gasteiger partial charge in [-0.1, -0.05) is 5.11 Å². The highest BCUT2D eigenvalue weighted by Gasteiger charge is 2.30. The van der Waals surface area contributed by atoms with E-state index in [0.29, 0.717) is 12.1 Å². The summed E-state index contributed by atoms with van der Waals surface area (Å²) in [6, 6.07) is 1.14. The highest BCUT2D eigenvalue weighted by atomic mass is 15.3. The Labute approximate surface area is 73.2 Å². The van der Waals surface area contributed by atoms with Gasteiger partial charge in [0.15, 0.2) is 0 Å². The van der Waals surface area contributed by atoms with Gasteiger partial charge in [0, 0.05) is 17.0 Å². The molecule has 1 aliphatic rings. The molecule has 0 aromatic carbocycles. The molecule has 0 aliphatic carbocycles. The molecule has 0 spiro atoms. The van der Waals surface area contributed by atoms with Crippen LogP contribution in [-0.4, -0.2) is 29.6 Å². The number of nitrogens with zero attached hydrogens (tertiary/aromatic N) is 4. The van der Waals surface area contributed by atoms with E-state index >= 15 is 0 Å². The maximum absolute atomic E-state index is 8.31. The highest BCUT2D eigenvalue weighted by Crippen LogP contribution is 2.22. The molecule has 2 unspecified atom stereocenters. The maximum atomic E-state index is 8.31. The monoisotopic (exact) mass is 168 g/mol. The molecule has 4 heteroatoms. The molecule has 2 atom stereocenters. The van der Waals surface area contributed by atoms with Crippen LogP contribution in [0.1, 0.15) is 27.2 Å². The molecule has 0 aromatic heterocycles. The Morgan fingerprint density at radius 3 is 2.67 bits per heavy atom. The molecule has 1 heterocycles. The van der Waals surface area contributed by atoms with Gasteiger partial charge in [0.25, 0.3) is 0 Å². The van der Waals surface area contributed by atoms with Gasteiger partial charge in [0.05, 0.1) is 6.04 Å². The third-order valence-electron chi connectivity index (χ3n) is 2.63. The normalized spacial score (nSPS) is 30.7. The van der Waals surface area contributed by atoms with E-state index in [4.69, 9.17) is 5.53 Å². The van der Waals surface area contributed by atoms with Crippen LogP contribution in [0.25, 0.3) is 10.4 Å². The fourth-order valence-electron chi connectivity index (χ4n) is 1.90. The van der Waals surface area contributed by atoms with Gasteiger partial charge in [-0.25, -0.2) is 0 Å². The Bertz CT molecular complexity index is 195. The fourth-order valence-corrected chi connectivity index (χ4v) is 1.90. The van der Waals surface area contributed by atoms with Crippen LogP contribution < -0.4 is 0 Å². The first-order valence-electron chi connectivity index (χ1n) is 4.46. The van der Waals surface area contributed by atoms with E-state index in [9.17, 15) is 0 Å². The SMILES string of the molecule is CC(C)N1CCC(N=[N+]=[N-])C1C. The Morgan fingerprint density at radius 2 is 2.25 bits per heavy atom. The van der Waals surface area contributed by atoms with Crippen LogP contribution in [0.15, 0.2) is 5.11 Å². The van der Waals surface area contributed by atoms with Crippen molar-refractivity contribution in [2.75, 3.05) is 6.54 Å². The van der Waals surface area contributed by atoms with Gasteiger partial charge in [-0.3, -0.25) is 4.90 Å². The summed E-state index contributed by atoms with van der Waals surface area (Å²) in [7, 11) is 0. The molecule has 0 saturated carbocycles. The number of likely N-dealkylation sites (tertiary alicyclic amines) is 1. The first-order chi connectivity index (χ1) is 5.66. The molecule has 0 aromatic rings.